The van der Waals surface area contributed by atoms with Crippen LogP contribution in [0.25, 0.3) is 0 Å². The van der Waals surface area contributed by atoms with Crippen LogP contribution in [0.4, 0.5) is 5.69 Å². The molecule has 3 nitrogen and oxygen atoms in total. The Kier molecular flexibility index (Phi) is 5.39. The number of benzene rings is 2. The van der Waals surface area contributed by atoms with Gasteiger partial charge in [0.15, 0.2) is 0 Å². The Labute approximate surface area is 133 Å². The van der Waals surface area contributed by atoms with Crippen LogP contribution in [-0.2, 0) is 16.1 Å². The Balaban J connectivity index is 1.87. The molecule has 0 aliphatic heterocycles. The largest absolute Gasteiger partial charge is 0.461 e. The molecule has 4 heteroatoms. The van der Waals surface area contributed by atoms with Crippen LogP contribution < -0.4 is 5.73 Å². The summed E-state index contributed by atoms with van der Waals surface area (Å²) in [6, 6.07) is 15.3. The molecular formula is C17H18BrNO2. The van der Waals surface area contributed by atoms with E-state index in [0.717, 1.165) is 21.3 Å². The molecule has 0 aromatic heterocycles. The van der Waals surface area contributed by atoms with E-state index in [9.17, 15) is 4.79 Å². The second-order valence-corrected chi connectivity index (χ2v) is 5.88. The summed E-state index contributed by atoms with van der Waals surface area (Å²) < 4.78 is 6.28. The smallest absolute Gasteiger partial charge is 0.306 e. The summed E-state index contributed by atoms with van der Waals surface area (Å²) in [5.41, 5.74) is 8.43. The lowest BCUT2D eigenvalue weighted by atomic mass is 9.98. The van der Waals surface area contributed by atoms with Gasteiger partial charge in [0.25, 0.3) is 0 Å². The Bertz CT molecular complexity index is 610. The molecule has 2 N–H and O–H groups in total. The maximum Gasteiger partial charge on any atom is 0.306 e. The highest BCUT2D eigenvalue weighted by atomic mass is 79.9. The molecule has 21 heavy (non-hydrogen) atoms. The van der Waals surface area contributed by atoms with Crippen molar-refractivity contribution in [3.8, 4) is 0 Å². The van der Waals surface area contributed by atoms with E-state index in [1.54, 1.807) is 0 Å². The second kappa shape index (κ2) is 7.27. The number of carbonyl (C=O) groups excluding carboxylic acids is 1. The third-order valence-electron chi connectivity index (χ3n) is 3.32. The van der Waals surface area contributed by atoms with Crippen molar-refractivity contribution in [1.29, 1.82) is 0 Å². The first kappa shape index (κ1) is 15.6. The van der Waals surface area contributed by atoms with Crippen molar-refractivity contribution in [2.45, 2.75) is 25.9 Å². The number of halogens is 1. The summed E-state index contributed by atoms with van der Waals surface area (Å²) in [5.74, 6) is -0.0904. The fraction of sp³-hybridized carbons (Fsp3) is 0.235. The van der Waals surface area contributed by atoms with E-state index < -0.39 is 0 Å². The molecule has 0 saturated carbocycles. The fourth-order valence-corrected chi connectivity index (χ4v) is 2.42. The van der Waals surface area contributed by atoms with E-state index in [1.807, 2.05) is 55.5 Å². The van der Waals surface area contributed by atoms with E-state index in [2.05, 4.69) is 15.9 Å². The van der Waals surface area contributed by atoms with Crippen molar-refractivity contribution < 1.29 is 9.53 Å². The number of carbonyl (C=O) groups is 1. The molecule has 0 amide bonds. The third-order valence-corrected chi connectivity index (χ3v) is 4.10. The number of ether oxygens (including phenoxy) is 1. The highest BCUT2D eigenvalue weighted by molar-refractivity contribution is 9.10. The Morgan fingerprint density at radius 3 is 2.52 bits per heavy atom. The molecule has 0 aliphatic rings. The van der Waals surface area contributed by atoms with E-state index in [-0.39, 0.29) is 18.5 Å². The topological polar surface area (TPSA) is 52.3 Å². The summed E-state index contributed by atoms with van der Waals surface area (Å²) in [5, 5.41) is 0. The minimum atomic E-state index is -0.199. The van der Waals surface area contributed by atoms with E-state index in [0.29, 0.717) is 6.42 Å². The van der Waals surface area contributed by atoms with Crippen molar-refractivity contribution in [3.05, 3.63) is 64.1 Å². The van der Waals surface area contributed by atoms with E-state index in [1.165, 1.54) is 0 Å². The number of nitrogens with two attached hydrogens (primary N) is 1. The van der Waals surface area contributed by atoms with Gasteiger partial charge in [-0.25, -0.2) is 0 Å². The normalized spacial score (nSPS) is 11.9. The van der Waals surface area contributed by atoms with Crippen molar-refractivity contribution in [3.63, 3.8) is 0 Å². The van der Waals surface area contributed by atoms with Gasteiger partial charge in [0, 0.05) is 15.7 Å². The molecule has 0 spiro atoms. The molecule has 1 atom stereocenters. The van der Waals surface area contributed by atoms with Gasteiger partial charge in [-0.3, -0.25) is 4.79 Å². The van der Waals surface area contributed by atoms with Gasteiger partial charge >= 0.3 is 5.97 Å². The minimum absolute atomic E-state index is 0.109. The Morgan fingerprint density at radius 2 is 1.86 bits per heavy atom. The highest BCUT2D eigenvalue weighted by Gasteiger charge is 2.13. The maximum atomic E-state index is 11.9. The molecule has 0 radical (unpaired) electrons. The molecule has 0 fully saturated rings. The zero-order chi connectivity index (χ0) is 15.2. The van der Waals surface area contributed by atoms with Crippen LogP contribution in [0.3, 0.4) is 0 Å². The van der Waals surface area contributed by atoms with Crippen LogP contribution in [0.5, 0.6) is 0 Å². The first-order chi connectivity index (χ1) is 10.1. The van der Waals surface area contributed by atoms with Gasteiger partial charge in [-0.2, -0.15) is 0 Å². The summed E-state index contributed by atoms with van der Waals surface area (Å²) in [6.07, 6.45) is 0.356. The summed E-state index contributed by atoms with van der Waals surface area (Å²) in [6.45, 7) is 2.29. The molecule has 2 aromatic carbocycles. The molecule has 0 bridgehead atoms. The monoisotopic (exact) mass is 347 g/mol. The van der Waals surface area contributed by atoms with Crippen molar-refractivity contribution in [2.24, 2.45) is 0 Å². The van der Waals surface area contributed by atoms with Crippen molar-refractivity contribution >= 4 is 27.6 Å². The lowest BCUT2D eigenvalue weighted by Crippen LogP contribution is -2.09. The summed E-state index contributed by atoms with van der Waals surface area (Å²) in [4.78, 5) is 11.9. The number of rotatable bonds is 5. The summed E-state index contributed by atoms with van der Waals surface area (Å²) in [7, 11) is 0. The minimum Gasteiger partial charge on any atom is -0.461 e. The van der Waals surface area contributed by atoms with Crippen molar-refractivity contribution in [1.82, 2.24) is 0 Å². The number of hydrogen-bond donors (Lipinski definition) is 1. The number of esters is 1. The van der Waals surface area contributed by atoms with Crippen LogP contribution in [0, 0.1) is 0 Å². The van der Waals surface area contributed by atoms with E-state index in [4.69, 9.17) is 10.5 Å². The molecule has 0 aliphatic carbocycles. The quantitative estimate of drug-likeness (QED) is 0.649. The molecule has 0 saturated heterocycles. The average Bonchev–Trinajstić information content (AvgIpc) is 2.47. The number of anilines is 1. The average molecular weight is 348 g/mol. The van der Waals surface area contributed by atoms with Gasteiger partial charge in [0.1, 0.15) is 6.61 Å². The lowest BCUT2D eigenvalue weighted by molar-refractivity contribution is -0.145. The second-order valence-electron chi connectivity index (χ2n) is 5.02. The van der Waals surface area contributed by atoms with Gasteiger partial charge in [-0.05, 0) is 29.7 Å². The molecule has 1 unspecified atom stereocenters. The third kappa shape index (κ3) is 4.60. The van der Waals surface area contributed by atoms with Crippen molar-refractivity contribution in [2.75, 3.05) is 5.73 Å². The maximum absolute atomic E-state index is 11.9. The highest BCUT2D eigenvalue weighted by Crippen LogP contribution is 2.22. The van der Waals surface area contributed by atoms with Crippen LogP contribution in [0.1, 0.15) is 30.4 Å². The van der Waals surface area contributed by atoms with E-state index >= 15 is 0 Å². The fourth-order valence-electron chi connectivity index (χ4n) is 2.03. The van der Waals surface area contributed by atoms with Crippen LogP contribution in [0.2, 0.25) is 0 Å². The number of hydrogen-bond acceptors (Lipinski definition) is 3. The van der Waals surface area contributed by atoms with Gasteiger partial charge in [-0.15, -0.1) is 0 Å². The number of nitrogen functional groups attached to an aromatic ring is 1. The first-order valence-corrected chi connectivity index (χ1v) is 7.60. The molecule has 2 rings (SSSR count). The van der Waals surface area contributed by atoms with Crippen LogP contribution >= 0.6 is 15.9 Å². The zero-order valence-corrected chi connectivity index (χ0v) is 13.5. The first-order valence-electron chi connectivity index (χ1n) is 6.80. The van der Waals surface area contributed by atoms with Crippen LogP contribution in [0.15, 0.2) is 53.0 Å². The lowest BCUT2D eigenvalue weighted by Gasteiger charge is -2.12. The SMILES string of the molecule is CC(CC(=O)OCc1ccccc1Br)c1ccc(N)cc1. The summed E-state index contributed by atoms with van der Waals surface area (Å²) >= 11 is 3.44. The Morgan fingerprint density at radius 1 is 1.19 bits per heavy atom. The Hall–Kier alpha value is -1.81. The van der Waals surface area contributed by atoms with Gasteiger partial charge in [-0.1, -0.05) is 53.2 Å². The molecular weight excluding hydrogens is 330 g/mol. The van der Waals surface area contributed by atoms with Gasteiger partial charge in [0.05, 0.1) is 6.42 Å². The molecule has 0 heterocycles. The molecule has 2 aromatic rings. The van der Waals surface area contributed by atoms with Gasteiger partial charge in [0.2, 0.25) is 0 Å². The molecule has 110 valence electrons. The predicted molar refractivity (Wildman–Crippen MR) is 87.8 cm³/mol. The zero-order valence-electron chi connectivity index (χ0n) is 11.9. The van der Waals surface area contributed by atoms with Crippen LogP contribution in [-0.4, -0.2) is 5.97 Å². The standard InChI is InChI=1S/C17H18BrNO2/c1-12(13-6-8-15(19)9-7-13)10-17(20)21-11-14-4-2-3-5-16(14)18/h2-9,12H,10-11,19H2,1H3. The predicted octanol–water partition coefficient (Wildman–Crippen LogP) is 4.27. The van der Waals surface area contributed by atoms with Gasteiger partial charge < -0.3 is 10.5 Å².